The molecule has 0 spiro atoms. The van der Waals surface area contributed by atoms with Crippen LogP contribution in [0.15, 0.2) is 39.8 Å². The van der Waals surface area contributed by atoms with Crippen molar-refractivity contribution in [2.75, 3.05) is 19.7 Å². The number of benzene rings is 1. The smallest absolute Gasteiger partial charge is 0.191 e. The van der Waals surface area contributed by atoms with Crippen molar-refractivity contribution < 1.29 is 9.26 Å². The highest BCUT2D eigenvalue weighted by Gasteiger charge is 2.07. The first-order valence-corrected chi connectivity index (χ1v) is 9.25. The monoisotopic (exact) mass is 368 g/mol. The fourth-order valence-corrected chi connectivity index (χ4v) is 2.38. The second kappa shape index (κ2) is 10.9. The van der Waals surface area contributed by atoms with Crippen LogP contribution in [0.1, 0.15) is 43.7 Å². The van der Waals surface area contributed by atoms with Crippen LogP contribution in [-0.2, 0) is 13.0 Å². The number of hydrogen-bond acceptors (Lipinski definition) is 4. The summed E-state index contributed by atoms with van der Waals surface area (Å²) < 4.78 is 10.7. The Morgan fingerprint density at radius 2 is 2.07 bits per heavy atom. The molecule has 6 nitrogen and oxygen atoms in total. The van der Waals surface area contributed by atoms with Gasteiger partial charge in [0, 0.05) is 19.2 Å². The van der Waals surface area contributed by atoms with Crippen molar-refractivity contribution in [1.82, 2.24) is 15.8 Å². The van der Waals surface area contributed by atoms with Crippen LogP contribution in [0.25, 0.3) is 0 Å². The molecule has 0 bridgehead atoms. The maximum atomic E-state index is 5.38. The number of ether oxygens (including phenoxy) is 1. The van der Waals surface area contributed by atoms with E-state index in [-0.39, 0.29) is 6.61 Å². The van der Waals surface area contributed by atoms with Crippen molar-refractivity contribution in [1.29, 1.82) is 0 Å². The molecular weight excluding hydrogens is 340 g/mol. The summed E-state index contributed by atoms with van der Waals surface area (Å²) in [5.74, 6) is 5.11. The molecule has 0 fully saturated rings. The first-order chi connectivity index (χ1) is 13.1. The predicted molar refractivity (Wildman–Crippen MR) is 108 cm³/mol. The average Bonchev–Trinajstić information content (AvgIpc) is 3.15. The van der Waals surface area contributed by atoms with E-state index in [1.165, 1.54) is 5.56 Å². The van der Waals surface area contributed by atoms with Gasteiger partial charge in [-0.3, -0.25) is 0 Å². The average molecular weight is 368 g/mol. The maximum absolute atomic E-state index is 5.38. The molecule has 0 aliphatic rings. The minimum atomic E-state index is 0.285. The van der Waals surface area contributed by atoms with E-state index in [1.807, 2.05) is 37.3 Å². The molecule has 0 saturated carbocycles. The van der Waals surface area contributed by atoms with Crippen molar-refractivity contribution >= 4 is 5.96 Å². The number of guanidine groups is 1. The van der Waals surface area contributed by atoms with Gasteiger partial charge in [-0.2, -0.15) is 0 Å². The van der Waals surface area contributed by atoms with E-state index < -0.39 is 0 Å². The summed E-state index contributed by atoms with van der Waals surface area (Å²) in [7, 11) is 0. The van der Waals surface area contributed by atoms with Crippen LogP contribution in [0.4, 0.5) is 0 Å². The van der Waals surface area contributed by atoms with Crippen molar-refractivity contribution in [3.8, 4) is 18.1 Å². The molecule has 0 aliphatic carbocycles. The standard InChI is InChI=1S/C21H28N4O2/c1-5-13-26-18-9-7-17(8-10-18)11-12-23-21(22-6-2)24-15-19-14-20(16(3)4)25-27-19/h1,7-10,14,16H,6,11-13,15H2,2-4H3,(H2,22,23,24). The number of nitrogens with one attached hydrogen (secondary N) is 2. The topological polar surface area (TPSA) is 71.7 Å². The summed E-state index contributed by atoms with van der Waals surface area (Å²) in [6.07, 6.45) is 6.07. The SMILES string of the molecule is C#CCOc1ccc(CCNC(=NCc2cc(C(C)C)no2)NCC)cc1. The summed E-state index contributed by atoms with van der Waals surface area (Å²) in [5.41, 5.74) is 2.16. The van der Waals surface area contributed by atoms with Gasteiger partial charge in [0.25, 0.3) is 0 Å². The number of hydrogen-bond donors (Lipinski definition) is 2. The fourth-order valence-electron chi connectivity index (χ4n) is 2.38. The highest BCUT2D eigenvalue weighted by molar-refractivity contribution is 5.79. The lowest BCUT2D eigenvalue weighted by atomic mass is 10.1. The second-order valence-electron chi connectivity index (χ2n) is 6.38. The fraction of sp³-hybridized carbons (Fsp3) is 0.429. The van der Waals surface area contributed by atoms with Gasteiger partial charge in [0.1, 0.15) is 18.9 Å². The van der Waals surface area contributed by atoms with Crippen LogP contribution >= 0.6 is 0 Å². The highest BCUT2D eigenvalue weighted by Crippen LogP contribution is 2.14. The molecule has 0 saturated heterocycles. The molecule has 0 atom stereocenters. The molecule has 2 rings (SSSR count). The van der Waals surface area contributed by atoms with Gasteiger partial charge in [-0.05, 0) is 37.0 Å². The lowest BCUT2D eigenvalue weighted by Gasteiger charge is -2.11. The molecular formula is C21H28N4O2. The van der Waals surface area contributed by atoms with Crippen LogP contribution in [-0.4, -0.2) is 30.8 Å². The summed E-state index contributed by atoms with van der Waals surface area (Å²) in [6, 6.07) is 9.91. The van der Waals surface area contributed by atoms with Gasteiger partial charge in [0.15, 0.2) is 11.7 Å². The first-order valence-electron chi connectivity index (χ1n) is 9.25. The van der Waals surface area contributed by atoms with E-state index in [2.05, 4.69) is 40.6 Å². The molecule has 0 unspecified atom stereocenters. The zero-order valence-electron chi connectivity index (χ0n) is 16.3. The lowest BCUT2D eigenvalue weighted by molar-refractivity contribution is 0.370. The molecule has 1 heterocycles. The Morgan fingerprint density at radius 1 is 1.30 bits per heavy atom. The van der Waals surface area contributed by atoms with Gasteiger partial charge in [0.05, 0.1) is 5.69 Å². The van der Waals surface area contributed by atoms with E-state index in [0.717, 1.165) is 42.7 Å². The number of terminal acetylenes is 1. The molecule has 2 N–H and O–H groups in total. The van der Waals surface area contributed by atoms with Gasteiger partial charge in [-0.1, -0.05) is 37.1 Å². The van der Waals surface area contributed by atoms with Crippen LogP contribution in [0, 0.1) is 12.3 Å². The minimum absolute atomic E-state index is 0.285. The normalized spacial score (nSPS) is 11.3. The van der Waals surface area contributed by atoms with E-state index in [0.29, 0.717) is 12.5 Å². The Kier molecular flexibility index (Phi) is 8.24. The largest absolute Gasteiger partial charge is 0.481 e. The first kappa shape index (κ1) is 20.4. The molecule has 27 heavy (non-hydrogen) atoms. The predicted octanol–water partition coefficient (Wildman–Crippen LogP) is 3.11. The maximum Gasteiger partial charge on any atom is 0.191 e. The Hall–Kier alpha value is -2.94. The van der Waals surface area contributed by atoms with E-state index in [1.54, 1.807) is 0 Å². The third kappa shape index (κ3) is 7.06. The summed E-state index contributed by atoms with van der Waals surface area (Å²) >= 11 is 0. The van der Waals surface area contributed by atoms with Gasteiger partial charge in [0.2, 0.25) is 0 Å². The van der Waals surface area contributed by atoms with Gasteiger partial charge < -0.3 is 19.9 Å². The van der Waals surface area contributed by atoms with E-state index in [9.17, 15) is 0 Å². The molecule has 0 radical (unpaired) electrons. The summed E-state index contributed by atoms with van der Waals surface area (Å²) in [6.45, 7) is 8.51. The molecule has 0 amide bonds. The third-order valence-corrected chi connectivity index (χ3v) is 3.86. The zero-order chi connectivity index (χ0) is 19.5. The van der Waals surface area contributed by atoms with Gasteiger partial charge in [-0.25, -0.2) is 4.99 Å². The van der Waals surface area contributed by atoms with Crippen molar-refractivity contribution in [3.63, 3.8) is 0 Å². The molecule has 144 valence electrons. The van der Waals surface area contributed by atoms with Crippen LogP contribution in [0.3, 0.4) is 0 Å². The number of aliphatic imine (C=N–C) groups is 1. The number of nitrogens with zero attached hydrogens (tertiary/aromatic N) is 2. The van der Waals surface area contributed by atoms with Gasteiger partial charge >= 0.3 is 0 Å². The second-order valence-corrected chi connectivity index (χ2v) is 6.38. The third-order valence-electron chi connectivity index (χ3n) is 3.86. The lowest BCUT2D eigenvalue weighted by Crippen LogP contribution is -2.38. The van der Waals surface area contributed by atoms with Crippen molar-refractivity contribution in [2.45, 2.75) is 39.7 Å². The Bertz CT molecular complexity index is 757. The van der Waals surface area contributed by atoms with Crippen LogP contribution in [0.5, 0.6) is 5.75 Å². The highest BCUT2D eigenvalue weighted by atomic mass is 16.5. The molecule has 0 aliphatic heterocycles. The zero-order valence-corrected chi connectivity index (χ0v) is 16.3. The van der Waals surface area contributed by atoms with Gasteiger partial charge in [-0.15, -0.1) is 6.42 Å². The summed E-state index contributed by atoms with van der Waals surface area (Å²) in [5, 5.41) is 10.6. The molecule has 2 aromatic rings. The Balaban J connectivity index is 1.83. The number of rotatable bonds is 9. The molecule has 1 aromatic heterocycles. The van der Waals surface area contributed by atoms with Crippen molar-refractivity contribution in [2.24, 2.45) is 4.99 Å². The molecule has 1 aromatic carbocycles. The molecule has 6 heteroatoms. The van der Waals surface area contributed by atoms with Crippen LogP contribution in [0.2, 0.25) is 0 Å². The van der Waals surface area contributed by atoms with E-state index in [4.69, 9.17) is 15.7 Å². The number of aromatic nitrogens is 1. The summed E-state index contributed by atoms with van der Waals surface area (Å²) in [4.78, 5) is 4.56. The quantitative estimate of drug-likeness (QED) is 0.404. The minimum Gasteiger partial charge on any atom is -0.481 e. The van der Waals surface area contributed by atoms with Crippen LogP contribution < -0.4 is 15.4 Å². The Labute approximate surface area is 161 Å². The van der Waals surface area contributed by atoms with E-state index >= 15 is 0 Å². The van der Waals surface area contributed by atoms with Crippen molar-refractivity contribution in [3.05, 3.63) is 47.3 Å². The Morgan fingerprint density at radius 3 is 2.70 bits per heavy atom.